The van der Waals surface area contributed by atoms with E-state index in [9.17, 15) is 4.79 Å². The van der Waals surface area contributed by atoms with Gasteiger partial charge in [-0.15, -0.1) is 0 Å². The highest BCUT2D eigenvalue weighted by molar-refractivity contribution is 6.30. The predicted octanol–water partition coefficient (Wildman–Crippen LogP) is 4.63. The summed E-state index contributed by atoms with van der Waals surface area (Å²) in [6.07, 6.45) is 6.93. The van der Waals surface area contributed by atoms with E-state index in [1.54, 1.807) is 0 Å². The van der Waals surface area contributed by atoms with Crippen molar-refractivity contribution < 1.29 is 9.21 Å². The smallest absolute Gasteiger partial charge is 0.243 e. The SMILES string of the molecule is O=C(N/N=C/c1ccc(-c2cccc(Cl)c2)o1)C1CCCCC1. The van der Waals surface area contributed by atoms with Crippen LogP contribution < -0.4 is 5.43 Å². The quantitative estimate of drug-likeness (QED) is 0.656. The van der Waals surface area contributed by atoms with Gasteiger partial charge in [-0.2, -0.15) is 5.10 Å². The van der Waals surface area contributed by atoms with Crippen LogP contribution in [0.3, 0.4) is 0 Å². The average Bonchev–Trinajstić information content (AvgIpc) is 3.04. The van der Waals surface area contributed by atoms with E-state index in [-0.39, 0.29) is 11.8 Å². The molecule has 0 saturated heterocycles. The Labute approximate surface area is 140 Å². The van der Waals surface area contributed by atoms with Crippen molar-refractivity contribution in [3.8, 4) is 11.3 Å². The molecule has 4 nitrogen and oxygen atoms in total. The molecular formula is C18H19ClN2O2. The van der Waals surface area contributed by atoms with Gasteiger partial charge in [0.25, 0.3) is 0 Å². The third kappa shape index (κ3) is 4.23. The van der Waals surface area contributed by atoms with E-state index in [1.807, 2.05) is 36.4 Å². The molecule has 120 valence electrons. The Morgan fingerprint density at radius 2 is 2.04 bits per heavy atom. The number of amides is 1. The number of furan rings is 1. The fraction of sp³-hybridized carbons (Fsp3) is 0.333. The Morgan fingerprint density at radius 1 is 1.22 bits per heavy atom. The minimum Gasteiger partial charge on any atom is -0.455 e. The van der Waals surface area contributed by atoms with E-state index >= 15 is 0 Å². The summed E-state index contributed by atoms with van der Waals surface area (Å²) >= 11 is 5.98. The lowest BCUT2D eigenvalue weighted by atomic mass is 9.89. The lowest BCUT2D eigenvalue weighted by Gasteiger charge is -2.19. The molecule has 0 bridgehead atoms. The molecule has 2 aromatic rings. The van der Waals surface area contributed by atoms with Gasteiger partial charge >= 0.3 is 0 Å². The third-order valence-corrected chi connectivity index (χ3v) is 4.31. The van der Waals surface area contributed by atoms with Crippen molar-refractivity contribution in [1.82, 2.24) is 5.43 Å². The van der Waals surface area contributed by atoms with Crippen molar-refractivity contribution in [2.75, 3.05) is 0 Å². The summed E-state index contributed by atoms with van der Waals surface area (Å²) in [7, 11) is 0. The van der Waals surface area contributed by atoms with Crippen LogP contribution in [-0.4, -0.2) is 12.1 Å². The van der Waals surface area contributed by atoms with E-state index in [1.165, 1.54) is 12.6 Å². The molecule has 1 fully saturated rings. The number of carbonyl (C=O) groups excluding carboxylic acids is 1. The number of hydrazone groups is 1. The molecule has 1 aromatic heterocycles. The van der Waals surface area contributed by atoms with Crippen molar-refractivity contribution >= 4 is 23.7 Å². The Morgan fingerprint density at radius 3 is 2.83 bits per heavy atom. The first-order valence-corrected chi connectivity index (χ1v) is 8.29. The number of halogens is 1. The Balaban J connectivity index is 1.59. The van der Waals surface area contributed by atoms with Crippen LogP contribution in [0.1, 0.15) is 37.9 Å². The molecule has 0 spiro atoms. The van der Waals surface area contributed by atoms with Crippen LogP contribution in [0.2, 0.25) is 5.02 Å². The highest BCUT2D eigenvalue weighted by Crippen LogP contribution is 2.25. The van der Waals surface area contributed by atoms with Crippen LogP contribution in [0, 0.1) is 5.92 Å². The Kier molecular flexibility index (Phi) is 5.13. The molecule has 1 heterocycles. The molecule has 0 unspecified atom stereocenters. The Bertz CT molecular complexity index is 703. The minimum atomic E-state index is 0.00238. The third-order valence-electron chi connectivity index (χ3n) is 4.08. The zero-order valence-electron chi connectivity index (χ0n) is 12.8. The molecule has 1 amide bonds. The first-order valence-electron chi connectivity index (χ1n) is 7.91. The normalized spacial score (nSPS) is 15.9. The molecule has 0 aliphatic heterocycles. The van der Waals surface area contributed by atoms with Gasteiger partial charge in [-0.1, -0.05) is 43.0 Å². The zero-order valence-corrected chi connectivity index (χ0v) is 13.6. The maximum atomic E-state index is 12.0. The first-order chi connectivity index (χ1) is 11.2. The summed E-state index contributed by atoms with van der Waals surface area (Å²) in [6.45, 7) is 0. The van der Waals surface area contributed by atoms with Gasteiger partial charge in [0.15, 0.2) is 0 Å². The van der Waals surface area contributed by atoms with Crippen LogP contribution in [0.4, 0.5) is 0 Å². The molecule has 23 heavy (non-hydrogen) atoms. The van der Waals surface area contributed by atoms with Crippen LogP contribution in [0.5, 0.6) is 0 Å². The van der Waals surface area contributed by atoms with Crippen molar-refractivity contribution in [2.24, 2.45) is 11.0 Å². The monoisotopic (exact) mass is 330 g/mol. The van der Waals surface area contributed by atoms with Crippen molar-refractivity contribution in [2.45, 2.75) is 32.1 Å². The molecule has 1 saturated carbocycles. The zero-order chi connectivity index (χ0) is 16.1. The van der Waals surface area contributed by atoms with E-state index in [2.05, 4.69) is 10.5 Å². The number of rotatable bonds is 4. The van der Waals surface area contributed by atoms with Gasteiger partial charge in [0.05, 0.1) is 6.21 Å². The molecule has 1 N–H and O–H groups in total. The maximum absolute atomic E-state index is 12.0. The maximum Gasteiger partial charge on any atom is 0.243 e. The minimum absolute atomic E-state index is 0.00238. The standard InChI is InChI=1S/C18H19ClN2O2/c19-15-8-4-7-14(11-15)17-10-9-16(23-17)12-20-21-18(22)13-5-2-1-3-6-13/h4,7-13H,1-3,5-6H2,(H,21,22)/b20-12+. The van der Waals surface area contributed by atoms with Gasteiger partial charge in [0, 0.05) is 16.5 Å². The fourth-order valence-electron chi connectivity index (χ4n) is 2.83. The second kappa shape index (κ2) is 7.47. The average molecular weight is 331 g/mol. The lowest BCUT2D eigenvalue weighted by Crippen LogP contribution is -2.28. The molecular weight excluding hydrogens is 312 g/mol. The molecule has 0 radical (unpaired) electrons. The molecule has 0 atom stereocenters. The number of hydrogen-bond donors (Lipinski definition) is 1. The largest absolute Gasteiger partial charge is 0.455 e. The highest BCUT2D eigenvalue weighted by atomic mass is 35.5. The van der Waals surface area contributed by atoms with Crippen LogP contribution in [-0.2, 0) is 4.79 Å². The number of hydrogen-bond acceptors (Lipinski definition) is 3. The summed E-state index contributed by atoms with van der Waals surface area (Å²) in [5.74, 6) is 1.40. The summed E-state index contributed by atoms with van der Waals surface area (Å²) in [6, 6.07) is 11.1. The topological polar surface area (TPSA) is 54.6 Å². The summed E-state index contributed by atoms with van der Waals surface area (Å²) in [5.41, 5.74) is 3.51. The van der Waals surface area contributed by atoms with Gasteiger partial charge < -0.3 is 4.42 Å². The summed E-state index contributed by atoms with van der Waals surface area (Å²) in [4.78, 5) is 12.0. The summed E-state index contributed by atoms with van der Waals surface area (Å²) < 4.78 is 5.69. The van der Waals surface area contributed by atoms with Crippen molar-refractivity contribution in [1.29, 1.82) is 0 Å². The van der Waals surface area contributed by atoms with Crippen LogP contribution >= 0.6 is 11.6 Å². The van der Waals surface area contributed by atoms with Crippen LogP contribution in [0.25, 0.3) is 11.3 Å². The fourth-order valence-corrected chi connectivity index (χ4v) is 3.02. The molecule has 1 aliphatic carbocycles. The van der Waals surface area contributed by atoms with Gasteiger partial charge in [-0.3, -0.25) is 4.79 Å². The van der Waals surface area contributed by atoms with E-state index in [0.29, 0.717) is 16.5 Å². The highest BCUT2D eigenvalue weighted by Gasteiger charge is 2.20. The van der Waals surface area contributed by atoms with Crippen LogP contribution in [0.15, 0.2) is 45.9 Å². The molecule has 3 rings (SSSR count). The predicted molar refractivity (Wildman–Crippen MR) is 91.5 cm³/mol. The Hall–Kier alpha value is -2.07. The second-order valence-corrected chi connectivity index (χ2v) is 6.22. The van der Waals surface area contributed by atoms with Gasteiger partial charge in [-0.25, -0.2) is 5.43 Å². The number of nitrogens with zero attached hydrogens (tertiary/aromatic N) is 1. The number of nitrogens with one attached hydrogen (secondary N) is 1. The number of benzene rings is 1. The van der Waals surface area contributed by atoms with Gasteiger partial charge in [0.1, 0.15) is 11.5 Å². The van der Waals surface area contributed by atoms with Crippen molar-refractivity contribution in [3.05, 3.63) is 47.2 Å². The van der Waals surface area contributed by atoms with Gasteiger partial charge in [0.2, 0.25) is 5.91 Å². The lowest BCUT2D eigenvalue weighted by molar-refractivity contribution is -0.125. The molecule has 1 aliphatic rings. The summed E-state index contributed by atoms with van der Waals surface area (Å²) in [5, 5.41) is 4.66. The second-order valence-electron chi connectivity index (χ2n) is 5.78. The van der Waals surface area contributed by atoms with E-state index in [0.717, 1.165) is 31.2 Å². The van der Waals surface area contributed by atoms with E-state index in [4.69, 9.17) is 16.0 Å². The molecule has 1 aromatic carbocycles. The van der Waals surface area contributed by atoms with Crippen molar-refractivity contribution in [3.63, 3.8) is 0 Å². The van der Waals surface area contributed by atoms with E-state index < -0.39 is 0 Å². The first kappa shape index (κ1) is 15.8. The number of carbonyl (C=O) groups is 1. The van der Waals surface area contributed by atoms with Gasteiger partial charge in [-0.05, 0) is 37.1 Å². The molecule has 5 heteroatoms.